The van der Waals surface area contributed by atoms with E-state index >= 15 is 0 Å². The number of nitrogens with zero attached hydrogens (tertiary/aromatic N) is 2. The maximum absolute atomic E-state index is 12.9. The van der Waals surface area contributed by atoms with Gasteiger partial charge in [0.1, 0.15) is 5.69 Å². The first kappa shape index (κ1) is 15.5. The smallest absolute Gasteiger partial charge is 0.276 e. The van der Waals surface area contributed by atoms with Gasteiger partial charge in [0.2, 0.25) is 0 Å². The number of hydrogen-bond acceptors (Lipinski definition) is 4. The van der Waals surface area contributed by atoms with Crippen molar-refractivity contribution in [2.45, 2.75) is 12.8 Å². The summed E-state index contributed by atoms with van der Waals surface area (Å²) in [7, 11) is 1.66. The summed E-state index contributed by atoms with van der Waals surface area (Å²) in [6, 6.07) is 11.7. The maximum atomic E-state index is 12.9. The number of para-hydroxylation sites is 1. The monoisotopic (exact) mass is 311 g/mol. The lowest BCUT2D eigenvalue weighted by Crippen LogP contribution is -2.35. The number of methoxy groups -OCH3 is 1. The molecule has 120 valence electrons. The fourth-order valence-corrected chi connectivity index (χ4v) is 2.84. The van der Waals surface area contributed by atoms with Crippen molar-refractivity contribution in [1.82, 2.24) is 4.98 Å². The van der Waals surface area contributed by atoms with Crippen molar-refractivity contribution in [2.75, 3.05) is 37.0 Å². The molecule has 5 nitrogen and oxygen atoms in total. The average molecular weight is 311 g/mol. The van der Waals surface area contributed by atoms with Crippen LogP contribution in [0.3, 0.4) is 0 Å². The molecule has 3 rings (SSSR count). The van der Waals surface area contributed by atoms with Crippen LogP contribution in [0.2, 0.25) is 0 Å². The van der Waals surface area contributed by atoms with Crippen LogP contribution in [0.1, 0.15) is 22.5 Å². The minimum absolute atomic E-state index is 0.0486. The normalized spacial score (nSPS) is 13.5. The van der Waals surface area contributed by atoms with E-state index in [1.165, 1.54) is 5.56 Å². The fourth-order valence-electron chi connectivity index (χ4n) is 2.84. The van der Waals surface area contributed by atoms with Gasteiger partial charge in [-0.3, -0.25) is 9.78 Å². The largest absolute Gasteiger partial charge is 0.383 e. The van der Waals surface area contributed by atoms with E-state index in [1.54, 1.807) is 19.4 Å². The predicted molar refractivity (Wildman–Crippen MR) is 91.0 cm³/mol. The molecule has 0 atom stereocenters. The number of fused-ring (bicyclic) bond motifs is 1. The number of amides is 1. The quantitative estimate of drug-likeness (QED) is 0.863. The van der Waals surface area contributed by atoms with Crippen molar-refractivity contribution < 1.29 is 9.53 Å². The summed E-state index contributed by atoms with van der Waals surface area (Å²) < 4.78 is 5.02. The van der Waals surface area contributed by atoms with E-state index in [-0.39, 0.29) is 5.91 Å². The molecule has 0 bridgehead atoms. The SMILES string of the molecule is COCCNc1ccnc(C(=O)N2CCCc3ccccc32)c1. The van der Waals surface area contributed by atoms with Crippen LogP contribution in [-0.2, 0) is 11.2 Å². The molecule has 0 radical (unpaired) electrons. The fraction of sp³-hybridized carbons (Fsp3) is 0.333. The van der Waals surface area contributed by atoms with Gasteiger partial charge in [0, 0.05) is 37.8 Å². The summed E-state index contributed by atoms with van der Waals surface area (Å²) in [6.07, 6.45) is 3.67. The van der Waals surface area contributed by atoms with Gasteiger partial charge in [0.15, 0.2) is 0 Å². The number of pyridine rings is 1. The van der Waals surface area contributed by atoms with Crippen LogP contribution < -0.4 is 10.2 Å². The maximum Gasteiger partial charge on any atom is 0.276 e. The van der Waals surface area contributed by atoms with Crippen molar-refractivity contribution in [3.63, 3.8) is 0 Å². The van der Waals surface area contributed by atoms with E-state index < -0.39 is 0 Å². The Labute approximate surface area is 136 Å². The number of nitrogens with one attached hydrogen (secondary N) is 1. The molecule has 0 fully saturated rings. The van der Waals surface area contributed by atoms with Crippen LogP contribution in [0, 0.1) is 0 Å². The van der Waals surface area contributed by atoms with Gasteiger partial charge in [-0.1, -0.05) is 18.2 Å². The number of hydrogen-bond donors (Lipinski definition) is 1. The second kappa shape index (κ2) is 7.24. The van der Waals surface area contributed by atoms with Crippen molar-refractivity contribution >= 4 is 17.3 Å². The van der Waals surface area contributed by atoms with Crippen LogP contribution >= 0.6 is 0 Å². The van der Waals surface area contributed by atoms with Gasteiger partial charge < -0.3 is 15.0 Å². The summed E-state index contributed by atoms with van der Waals surface area (Å²) in [5.74, 6) is -0.0486. The Morgan fingerprint density at radius 3 is 3.09 bits per heavy atom. The molecule has 0 aliphatic carbocycles. The molecule has 23 heavy (non-hydrogen) atoms. The molecule has 1 N–H and O–H groups in total. The Bertz CT molecular complexity index is 687. The second-order valence-corrected chi connectivity index (χ2v) is 5.54. The first-order chi connectivity index (χ1) is 11.3. The van der Waals surface area contributed by atoms with E-state index in [0.717, 1.165) is 30.8 Å². The molecule has 1 amide bonds. The molecule has 1 aliphatic rings. The molecule has 0 saturated heterocycles. The highest BCUT2D eigenvalue weighted by Crippen LogP contribution is 2.28. The average Bonchev–Trinajstić information content (AvgIpc) is 2.61. The third kappa shape index (κ3) is 3.51. The molecule has 1 aliphatic heterocycles. The zero-order valence-electron chi connectivity index (χ0n) is 13.3. The van der Waals surface area contributed by atoms with Crippen molar-refractivity contribution in [3.05, 3.63) is 53.9 Å². The van der Waals surface area contributed by atoms with Gasteiger partial charge in [-0.2, -0.15) is 0 Å². The number of ether oxygens (including phenoxy) is 1. The van der Waals surface area contributed by atoms with Crippen molar-refractivity contribution in [2.24, 2.45) is 0 Å². The Balaban J connectivity index is 1.80. The van der Waals surface area contributed by atoms with Crippen molar-refractivity contribution in [3.8, 4) is 0 Å². The third-order valence-corrected chi connectivity index (χ3v) is 3.97. The molecule has 0 spiro atoms. The Hall–Kier alpha value is -2.40. The first-order valence-electron chi connectivity index (χ1n) is 7.88. The molecule has 2 aromatic rings. The summed E-state index contributed by atoms with van der Waals surface area (Å²) in [6.45, 7) is 2.05. The molecule has 0 unspecified atom stereocenters. The lowest BCUT2D eigenvalue weighted by Gasteiger charge is -2.29. The number of carbonyl (C=O) groups is 1. The van der Waals surface area contributed by atoms with E-state index in [0.29, 0.717) is 18.8 Å². The third-order valence-electron chi connectivity index (χ3n) is 3.97. The highest BCUT2D eigenvalue weighted by Gasteiger charge is 2.24. The number of carbonyl (C=O) groups excluding carboxylic acids is 1. The van der Waals surface area contributed by atoms with E-state index in [4.69, 9.17) is 4.74 Å². The lowest BCUT2D eigenvalue weighted by molar-refractivity contribution is 0.0980. The number of aryl methyl sites for hydroxylation is 1. The van der Waals surface area contributed by atoms with Gasteiger partial charge in [-0.25, -0.2) is 0 Å². The number of anilines is 2. The van der Waals surface area contributed by atoms with Crippen LogP contribution in [0.4, 0.5) is 11.4 Å². The molecule has 0 saturated carbocycles. The van der Waals surface area contributed by atoms with Crippen LogP contribution in [-0.4, -0.2) is 37.7 Å². The van der Waals surface area contributed by atoms with E-state index in [1.807, 2.05) is 29.2 Å². The molecular weight excluding hydrogens is 290 g/mol. The van der Waals surface area contributed by atoms with Crippen LogP contribution in [0.15, 0.2) is 42.6 Å². The zero-order chi connectivity index (χ0) is 16.1. The van der Waals surface area contributed by atoms with Crippen LogP contribution in [0.5, 0.6) is 0 Å². The molecule has 1 aromatic carbocycles. The Morgan fingerprint density at radius 1 is 1.35 bits per heavy atom. The molecular formula is C18H21N3O2. The summed E-state index contributed by atoms with van der Waals surface area (Å²) in [5, 5.41) is 3.23. The highest BCUT2D eigenvalue weighted by molar-refractivity contribution is 6.05. The number of benzene rings is 1. The minimum Gasteiger partial charge on any atom is -0.383 e. The summed E-state index contributed by atoms with van der Waals surface area (Å²) in [5.41, 5.74) is 3.57. The van der Waals surface area contributed by atoms with Gasteiger partial charge in [-0.05, 0) is 36.6 Å². The Morgan fingerprint density at radius 2 is 2.22 bits per heavy atom. The molecule has 5 heteroatoms. The van der Waals surface area contributed by atoms with E-state index in [2.05, 4.69) is 16.4 Å². The molecule has 1 aromatic heterocycles. The lowest BCUT2D eigenvalue weighted by atomic mass is 10.0. The predicted octanol–water partition coefficient (Wildman–Crippen LogP) is 2.73. The van der Waals surface area contributed by atoms with Crippen molar-refractivity contribution in [1.29, 1.82) is 0 Å². The summed E-state index contributed by atoms with van der Waals surface area (Å²) in [4.78, 5) is 18.9. The zero-order valence-corrected chi connectivity index (χ0v) is 13.3. The topological polar surface area (TPSA) is 54.5 Å². The first-order valence-corrected chi connectivity index (χ1v) is 7.88. The van der Waals surface area contributed by atoms with Gasteiger partial charge in [0.05, 0.1) is 6.61 Å². The Kier molecular flexibility index (Phi) is 4.88. The van der Waals surface area contributed by atoms with Gasteiger partial charge in [-0.15, -0.1) is 0 Å². The minimum atomic E-state index is -0.0486. The molecule has 2 heterocycles. The van der Waals surface area contributed by atoms with Gasteiger partial charge >= 0.3 is 0 Å². The second-order valence-electron chi connectivity index (χ2n) is 5.54. The number of rotatable bonds is 5. The van der Waals surface area contributed by atoms with Crippen LogP contribution in [0.25, 0.3) is 0 Å². The standard InChI is InChI=1S/C18H21N3O2/c1-23-12-10-19-15-8-9-20-16(13-15)18(22)21-11-4-6-14-5-2-3-7-17(14)21/h2-3,5,7-9,13H,4,6,10-12H2,1H3,(H,19,20). The van der Waals surface area contributed by atoms with E-state index in [9.17, 15) is 4.79 Å². The van der Waals surface area contributed by atoms with Gasteiger partial charge in [0.25, 0.3) is 5.91 Å². The number of aromatic nitrogens is 1. The summed E-state index contributed by atoms with van der Waals surface area (Å²) >= 11 is 0. The highest BCUT2D eigenvalue weighted by atomic mass is 16.5.